The van der Waals surface area contributed by atoms with E-state index in [1.165, 1.54) is 0 Å². The van der Waals surface area contributed by atoms with Gasteiger partial charge in [-0.2, -0.15) is 5.26 Å². The van der Waals surface area contributed by atoms with Crippen molar-refractivity contribution in [1.82, 2.24) is 0 Å². The molecule has 0 unspecified atom stereocenters. The van der Waals surface area contributed by atoms with E-state index in [1.54, 1.807) is 24.3 Å². The first-order chi connectivity index (χ1) is 9.10. The van der Waals surface area contributed by atoms with Gasteiger partial charge in [0.25, 0.3) is 0 Å². The molecule has 5 heteroatoms. The highest BCUT2D eigenvalue weighted by Crippen LogP contribution is 2.18. The van der Waals surface area contributed by atoms with Crippen LogP contribution < -0.4 is 5.32 Å². The van der Waals surface area contributed by atoms with Crippen molar-refractivity contribution in [2.45, 2.75) is 6.54 Å². The summed E-state index contributed by atoms with van der Waals surface area (Å²) in [5, 5.41) is 11.5. The number of halogens is 3. The smallest absolute Gasteiger partial charge is 0.194 e. The van der Waals surface area contributed by atoms with E-state index in [4.69, 9.17) is 5.26 Å². The zero-order valence-corrected chi connectivity index (χ0v) is 9.75. The van der Waals surface area contributed by atoms with Crippen molar-refractivity contribution in [1.29, 1.82) is 5.26 Å². The van der Waals surface area contributed by atoms with E-state index in [-0.39, 0.29) is 12.2 Å². The van der Waals surface area contributed by atoms with Gasteiger partial charge in [0, 0.05) is 24.4 Å². The van der Waals surface area contributed by atoms with Crippen LogP contribution in [-0.2, 0) is 6.54 Å². The SMILES string of the molecule is N#Cc1cccc(CNc2cc(F)c(F)c(F)c2)c1. The van der Waals surface area contributed by atoms with Crippen molar-refractivity contribution in [3.8, 4) is 6.07 Å². The summed E-state index contributed by atoms with van der Waals surface area (Å²) in [6, 6.07) is 10.5. The molecule has 1 N–H and O–H groups in total. The topological polar surface area (TPSA) is 35.8 Å². The van der Waals surface area contributed by atoms with Gasteiger partial charge in [-0.05, 0) is 17.7 Å². The normalized spacial score (nSPS) is 10.0. The Kier molecular flexibility index (Phi) is 3.71. The van der Waals surface area contributed by atoms with Gasteiger partial charge in [-0.1, -0.05) is 12.1 Å². The van der Waals surface area contributed by atoms with Crippen molar-refractivity contribution in [3.63, 3.8) is 0 Å². The molecule has 0 atom stereocenters. The predicted octanol–water partition coefficient (Wildman–Crippen LogP) is 3.59. The molecule has 19 heavy (non-hydrogen) atoms. The largest absolute Gasteiger partial charge is 0.381 e. The number of benzene rings is 2. The lowest BCUT2D eigenvalue weighted by molar-refractivity contribution is 0.447. The van der Waals surface area contributed by atoms with Crippen LogP contribution in [0.25, 0.3) is 0 Å². The zero-order chi connectivity index (χ0) is 13.8. The van der Waals surface area contributed by atoms with E-state index in [2.05, 4.69) is 5.32 Å². The molecule has 96 valence electrons. The van der Waals surface area contributed by atoms with E-state index < -0.39 is 17.5 Å². The summed E-state index contributed by atoms with van der Waals surface area (Å²) in [5.41, 5.74) is 1.42. The van der Waals surface area contributed by atoms with Crippen LogP contribution in [0.3, 0.4) is 0 Å². The van der Waals surface area contributed by atoms with Gasteiger partial charge in [0.15, 0.2) is 17.5 Å². The van der Waals surface area contributed by atoms with Gasteiger partial charge >= 0.3 is 0 Å². The first-order valence-electron chi connectivity index (χ1n) is 5.47. The van der Waals surface area contributed by atoms with Crippen LogP contribution in [0.4, 0.5) is 18.9 Å². The van der Waals surface area contributed by atoms with Gasteiger partial charge in [-0.15, -0.1) is 0 Å². The van der Waals surface area contributed by atoms with Crippen LogP contribution in [-0.4, -0.2) is 0 Å². The molecule has 0 fully saturated rings. The minimum atomic E-state index is -1.49. The first-order valence-corrected chi connectivity index (χ1v) is 5.47. The van der Waals surface area contributed by atoms with Crippen LogP contribution in [0.2, 0.25) is 0 Å². The Balaban J connectivity index is 2.12. The highest BCUT2D eigenvalue weighted by molar-refractivity contribution is 5.45. The van der Waals surface area contributed by atoms with Crippen molar-refractivity contribution in [2.24, 2.45) is 0 Å². The Labute approximate surface area is 108 Å². The maximum absolute atomic E-state index is 13.0. The standard InChI is InChI=1S/C14H9F3N2/c15-12-5-11(6-13(16)14(12)17)19-8-10-3-1-2-9(4-10)7-18/h1-6,19H,8H2. The second-order valence-electron chi connectivity index (χ2n) is 3.92. The Bertz CT molecular complexity index is 624. The maximum atomic E-state index is 13.0. The van der Waals surface area contributed by atoms with Gasteiger partial charge in [-0.3, -0.25) is 0 Å². The number of nitriles is 1. The molecule has 0 spiro atoms. The lowest BCUT2D eigenvalue weighted by Crippen LogP contribution is -2.02. The summed E-state index contributed by atoms with van der Waals surface area (Å²) in [7, 11) is 0. The van der Waals surface area contributed by atoms with Crippen LogP contribution in [0.15, 0.2) is 36.4 Å². The van der Waals surface area contributed by atoms with E-state index in [0.29, 0.717) is 5.56 Å². The van der Waals surface area contributed by atoms with Gasteiger partial charge in [0.2, 0.25) is 0 Å². The quantitative estimate of drug-likeness (QED) is 0.858. The fourth-order valence-electron chi connectivity index (χ4n) is 1.61. The third-order valence-electron chi connectivity index (χ3n) is 2.54. The third-order valence-corrected chi connectivity index (χ3v) is 2.54. The second kappa shape index (κ2) is 5.44. The molecular weight excluding hydrogens is 253 g/mol. The lowest BCUT2D eigenvalue weighted by atomic mass is 10.1. The average Bonchev–Trinajstić information content (AvgIpc) is 2.42. The molecule has 0 aliphatic rings. The summed E-state index contributed by atoms with van der Waals surface area (Å²) >= 11 is 0. The molecule has 2 aromatic carbocycles. The fraction of sp³-hybridized carbons (Fsp3) is 0.0714. The Morgan fingerprint density at radius 3 is 2.37 bits per heavy atom. The molecule has 0 aliphatic carbocycles. The van der Waals surface area contributed by atoms with E-state index in [0.717, 1.165) is 17.7 Å². The molecule has 0 saturated heterocycles. The summed E-state index contributed by atoms with van der Waals surface area (Å²) in [5.74, 6) is -3.97. The molecule has 0 aliphatic heterocycles. The Morgan fingerprint density at radius 2 is 1.74 bits per heavy atom. The molecule has 0 heterocycles. The highest BCUT2D eigenvalue weighted by Gasteiger charge is 2.10. The average molecular weight is 262 g/mol. The summed E-state index contributed by atoms with van der Waals surface area (Å²) in [6.07, 6.45) is 0. The minimum absolute atomic E-state index is 0.138. The number of nitrogens with one attached hydrogen (secondary N) is 1. The van der Waals surface area contributed by atoms with Crippen LogP contribution >= 0.6 is 0 Å². The maximum Gasteiger partial charge on any atom is 0.194 e. The van der Waals surface area contributed by atoms with Crippen LogP contribution in [0, 0.1) is 28.8 Å². The van der Waals surface area contributed by atoms with Crippen LogP contribution in [0.1, 0.15) is 11.1 Å². The number of hydrogen-bond acceptors (Lipinski definition) is 2. The number of hydrogen-bond donors (Lipinski definition) is 1. The molecule has 0 saturated carbocycles. The first kappa shape index (κ1) is 13.0. The van der Waals surface area contributed by atoms with Crippen molar-refractivity contribution in [2.75, 3.05) is 5.32 Å². The van der Waals surface area contributed by atoms with Gasteiger partial charge in [-0.25, -0.2) is 13.2 Å². The summed E-state index contributed by atoms with van der Waals surface area (Å²) in [4.78, 5) is 0. The zero-order valence-electron chi connectivity index (χ0n) is 9.75. The fourth-order valence-corrected chi connectivity index (χ4v) is 1.61. The highest BCUT2D eigenvalue weighted by atomic mass is 19.2. The second-order valence-corrected chi connectivity index (χ2v) is 3.92. The molecule has 2 rings (SSSR count). The van der Waals surface area contributed by atoms with Gasteiger partial charge in [0.1, 0.15) is 0 Å². The molecule has 0 radical (unpaired) electrons. The number of rotatable bonds is 3. The molecule has 0 aromatic heterocycles. The van der Waals surface area contributed by atoms with Crippen molar-refractivity contribution in [3.05, 3.63) is 65.0 Å². The third kappa shape index (κ3) is 3.05. The van der Waals surface area contributed by atoms with Gasteiger partial charge in [0.05, 0.1) is 11.6 Å². The molecule has 2 aromatic rings. The van der Waals surface area contributed by atoms with Gasteiger partial charge < -0.3 is 5.32 Å². The Morgan fingerprint density at radius 1 is 1.05 bits per heavy atom. The molecule has 0 amide bonds. The van der Waals surface area contributed by atoms with E-state index in [1.807, 2.05) is 6.07 Å². The van der Waals surface area contributed by atoms with E-state index >= 15 is 0 Å². The molecule has 2 nitrogen and oxygen atoms in total. The van der Waals surface area contributed by atoms with Crippen molar-refractivity contribution < 1.29 is 13.2 Å². The number of nitrogens with zero attached hydrogens (tertiary/aromatic N) is 1. The molecular formula is C14H9F3N2. The minimum Gasteiger partial charge on any atom is -0.381 e. The van der Waals surface area contributed by atoms with Crippen molar-refractivity contribution >= 4 is 5.69 Å². The Hall–Kier alpha value is -2.48. The van der Waals surface area contributed by atoms with E-state index in [9.17, 15) is 13.2 Å². The number of anilines is 1. The lowest BCUT2D eigenvalue weighted by Gasteiger charge is -2.07. The van der Waals surface area contributed by atoms with Crippen LogP contribution in [0.5, 0.6) is 0 Å². The monoisotopic (exact) mass is 262 g/mol. The summed E-state index contributed by atoms with van der Waals surface area (Å²) in [6.45, 7) is 0.278. The molecule has 0 bridgehead atoms. The predicted molar refractivity (Wildman–Crippen MR) is 64.8 cm³/mol. The summed E-state index contributed by atoms with van der Waals surface area (Å²) < 4.78 is 38.7.